The number of rotatable bonds is 4. The minimum atomic E-state index is -0.290. The van der Waals surface area contributed by atoms with Gasteiger partial charge in [-0.05, 0) is 37.0 Å². The van der Waals surface area contributed by atoms with Crippen LogP contribution in [0.1, 0.15) is 32.3 Å². The average molecular weight is 382 g/mol. The van der Waals surface area contributed by atoms with Gasteiger partial charge in [-0.1, -0.05) is 32.0 Å². The van der Waals surface area contributed by atoms with Crippen molar-refractivity contribution < 1.29 is 9.90 Å². The van der Waals surface area contributed by atoms with Gasteiger partial charge in [0.15, 0.2) is 0 Å². The topological polar surface area (TPSA) is 56.7 Å². The first-order valence-corrected chi connectivity index (χ1v) is 10.6. The smallest absolute Gasteiger partial charge is 0.225 e. The Morgan fingerprint density at radius 2 is 1.93 bits per heavy atom. The molecule has 2 fully saturated rings. The van der Waals surface area contributed by atoms with E-state index in [2.05, 4.69) is 28.1 Å². The number of carbonyl (C=O) groups is 1. The number of aliphatic hydroxyl groups excluding tert-OH is 1. The predicted octanol–water partition coefficient (Wildman–Crippen LogP) is 2.72. The van der Waals surface area contributed by atoms with Gasteiger partial charge < -0.3 is 10.0 Å². The van der Waals surface area contributed by atoms with Crippen LogP contribution in [0.15, 0.2) is 36.5 Å². The summed E-state index contributed by atoms with van der Waals surface area (Å²) in [5, 5.41) is 11.9. The normalized spacial score (nSPS) is 24.4. The van der Waals surface area contributed by atoms with Crippen molar-refractivity contribution in [3.8, 4) is 0 Å². The predicted molar refractivity (Wildman–Crippen MR) is 111 cm³/mol. The SMILES string of the molecule is CC(C)C(=O)N1CCC(N2C[C@@H](Cc3ccnc4ccccc34)[C@H](O)C2)CC1. The highest BCUT2D eigenvalue weighted by Gasteiger charge is 2.37. The molecule has 0 saturated carbocycles. The van der Waals surface area contributed by atoms with Gasteiger partial charge in [0.05, 0.1) is 11.6 Å². The molecular weight excluding hydrogens is 350 g/mol. The van der Waals surface area contributed by atoms with Crippen LogP contribution in [0, 0.1) is 11.8 Å². The molecule has 2 saturated heterocycles. The number of amides is 1. The Labute approximate surface area is 167 Å². The first-order valence-electron chi connectivity index (χ1n) is 10.6. The molecule has 4 rings (SSSR count). The third kappa shape index (κ3) is 3.91. The number of hydrogen-bond acceptors (Lipinski definition) is 4. The fourth-order valence-corrected chi connectivity index (χ4v) is 4.82. The minimum Gasteiger partial charge on any atom is -0.391 e. The molecule has 2 aromatic rings. The molecule has 2 atom stereocenters. The quantitative estimate of drug-likeness (QED) is 0.885. The highest BCUT2D eigenvalue weighted by Crippen LogP contribution is 2.29. The van der Waals surface area contributed by atoms with Crippen LogP contribution >= 0.6 is 0 Å². The molecule has 5 heteroatoms. The first kappa shape index (κ1) is 19.3. The highest BCUT2D eigenvalue weighted by atomic mass is 16.3. The van der Waals surface area contributed by atoms with E-state index in [1.807, 2.05) is 37.1 Å². The van der Waals surface area contributed by atoms with Gasteiger partial charge in [-0.15, -0.1) is 0 Å². The monoisotopic (exact) mass is 381 g/mol. The van der Waals surface area contributed by atoms with Gasteiger partial charge >= 0.3 is 0 Å². The van der Waals surface area contributed by atoms with Crippen molar-refractivity contribution in [2.45, 2.75) is 45.3 Å². The van der Waals surface area contributed by atoms with E-state index in [1.54, 1.807) is 0 Å². The van der Waals surface area contributed by atoms with Crippen LogP contribution < -0.4 is 0 Å². The Balaban J connectivity index is 1.38. The summed E-state index contributed by atoms with van der Waals surface area (Å²) in [6.45, 7) is 7.30. The van der Waals surface area contributed by atoms with Crippen LogP contribution in [0.4, 0.5) is 0 Å². The lowest BCUT2D eigenvalue weighted by atomic mass is 9.94. The summed E-state index contributed by atoms with van der Waals surface area (Å²) in [5.74, 6) is 0.591. The lowest BCUT2D eigenvalue weighted by Crippen LogP contribution is -2.47. The van der Waals surface area contributed by atoms with Crippen molar-refractivity contribution in [2.75, 3.05) is 26.2 Å². The number of likely N-dealkylation sites (tertiary alicyclic amines) is 2. The maximum absolute atomic E-state index is 12.2. The summed E-state index contributed by atoms with van der Waals surface area (Å²) in [7, 11) is 0. The molecule has 3 heterocycles. The molecule has 1 N–H and O–H groups in total. The van der Waals surface area contributed by atoms with E-state index in [-0.39, 0.29) is 23.8 Å². The number of β-amino-alcohol motifs (C(OH)–C–C–N with tert-alkyl or cyclic N) is 1. The average Bonchev–Trinajstić information content (AvgIpc) is 3.08. The van der Waals surface area contributed by atoms with Crippen molar-refractivity contribution in [1.29, 1.82) is 0 Å². The van der Waals surface area contributed by atoms with E-state index in [4.69, 9.17) is 0 Å². The van der Waals surface area contributed by atoms with E-state index in [1.165, 1.54) is 10.9 Å². The molecule has 28 heavy (non-hydrogen) atoms. The van der Waals surface area contributed by atoms with Gasteiger partial charge in [-0.25, -0.2) is 0 Å². The van der Waals surface area contributed by atoms with Gasteiger partial charge in [0.2, 0.25) is 5.91 Å². The standard InChI is InChI=1S/C23H31N3O2/c1-16(2)23(28)25-11-8-19(9-12-25)26-14-18(22(27)15-26)13-17-7-10-24-21-6-4-3-5-20(17)21/h3-7,10,16,18-19,22,27H,8-9,11-15H2,1-2H3/t18-,22-/m1/s1. The lowest BCUT2D eigenvalue weighted by Gasteiger charge is -2.37. The number of pyridine rings is 1. The van der Waals surface area contributed by atoms with Gasteiger partial charge in [-0.3, -0.25) is 14.7 Å². The zero-order valence-electron chi connectivity index (χ0n) is 16.9. The van der Waals surface area contributed by atoms with Crippen molar-refractivity contribution in [3.63, 3.8) is 0 Å². The second kappa shape index (κ2) is 8.18. The molecule has 0 aliphatic carbocycles. The van der Waals surface area contributed by atoms with Crippen LogP contribution in [0.25, 0.3) is 10.9 Å². The van der Waals surface area contributed by atoms with Crippen LogP contribution in [0.3, 0.4) is 0 Å². The molecule has 1 aromatic heterocycles. The molecule has 5 nitrogen and oxygen atoms in total. The molecule has 2 aliphatic rings. The Kier molecular flexibility index (Phi) is 5.65. The number of benzene rings is 1. The van der Waals surface area contributed by atoms with Gasteiger partial charge in [0.1, 0.15) is 0 Å². The minimum absolute atomic E-state index is 0.0738. The third-order valence-corrected chi connectivity index (χ3v) is 6.44. The van der Waals surface area contributed by atoms with E-state index >= 15 is 0 Å². The molecule has 0 unspecified atom stereocenters. The zero-order chi connectivity index (χ0) is 19.7. The van der Waals surface area contributed by atoms with Gasteiger partial charge in [-0.2, -0.15) is 0 Å². The van der Waals surface area contributed by atoms with Crippen molar-refractivity contribution in [3.05, 3.63) is 42.1 Å². The van der Waals surface area contributed by atoms with E-state index < -0.39 is 0 Å². The molecule has 2 aliphatic heterocycles. The van der Waals surface area contributed by atoms with Crippen LogP contribution in [-0.4, -0.2) is 64.1 Å². The fraction of sp³-hybridized carbons (Fsp3) is 0.565. The Bertz CT molecular complexity index is 824. The molecular formula is C23H31N3O2. The molecule has 1 amide bonds. The van der Waals surface area contributed by atoms with Crippen LogP contribution in [0.5, 0.6) is 0 Å². The second-order valence-electron chi connectivity index (χ2n) is 8.68. The van der Waals surface area contributed by atoms with Crippen LogP contribution in [0.2, 0.25) is 0 Å². The summed E-state index contributed by atoms with van der Waals surface area (Å²) >= 11 is 0. The summed E-state index contributed by atoms with van der Waals surface area (Å²) in [5.41, 5.74) is 2.29. The van der Waals surface area contributed by atoms with Gasteiger partial charge in [0.25, 0.3) is 0 Å². The van der Waals surface area contributed by atoms with Crippen molar-refractivity contribution in [1.82, 2.24) is 14.8 Å². The zero-order valence-corrected chi connectivity index (χ0v) is 16.9. The Morgan fingerprint density at radius 1 is 1.18 bits per heavy atom. The summed E-state index contributed by atoms with van der Waals surface area (Å²) in [6.07, 6.45) is 4.48. The molecule has 150 valence electrons. The third-order valence-electron chi connectivity index (χ3n) is 6.44. The number of para-hydroxylation sites is 1. The molecule has 0 bridgehead atoms. The summed E-state index contributed by atoms with van der Waals surface area (Å²) < 4.78 is 0. The fourth-order valence-electron chi connectivity index (χ4n) is 4.82. The number of piperidine rings is 1. The number of fused-ring (bicyclic) bond motifs is 1. The highest BCUT2D eigenvalue weighted by molar-refractivity contribution is 5.81. The first-order chi connectivity index (χ1) is 13.5. The summed E-state index contributed by atoms with van der Waals surface area (Å²) in [6, 6.07) is 10.8. The number of aromatic nitrogens is 1. The number of hydrogen-bond donors (Lipinski definition) is 1. The van der Waals surface area contributed by atoms with E-state index in [0.717, 1.165) is 51.0 Å². The van der Waals surface area contributed by atoms with Gasteiger partial charge in [0, 0.05) is 55.6 Å². The van der Waals surface area contributed by atoms with Crippen LogP contribution in [-0.2, 0) is 11.2 Å². The number of carbonyl (C=O) groups excluding carboxylic acids is 1. The number of nitrogens with zero attached hydrogens (tertiary/aromatic N) is 3. The van der Waals surface area contributed by atoms with Crippen molar-refractivity contribution in [2.24, 2.45) is 11.8 Å². The molecule has 1 aromatic carbocycles. The Hall–Kier alpha value is -1.98. The molecule has 0 radical (unpaired) electrons. The maximum atomic E-state index is 12.2. The number of aliphatic hydroxyl groups is 1. The second-order valence-corrected chi connectivity index (χ2v) is 8.68. The summed E-state index contributed by atoms with van der Waals surface area (Å²) in [4.78, 5) is 21.1. The molecule has 0 spiro atoms. The van der Waals surface area contributed by atoms with Crippen molar-refractivity contribution >= 4 is 16.8 Å². The maximum Gasteiger partial charge on any atom is 0.225 e. The Morgan fingerprint density at radius 3 is 2.68 bits per heavy atom. The van der Waals surface area contributed by atoms with E-state index in [0.29, 0.717) is 6.04 Å². The lowest BCUT2D eigenvalue weighted by molar-refractivity contribution is -0.136. The largest absolute Gasteiger partial charge is 0.391 e. The van der Waals surface area contributed by atoms with E-state index in [9.17, 15) is 9.90 Å².